The lowest BCUT2D eigenvalue weighted by Crippen LogP contribution is -2.42. The summed E-state index contributed by atoms with van der Waals surface area (Å²) in [4.78, 5) is 5.71. The Morgan fingerprint density at radius 3 is 2.29 bits per heavy atom. The Morgan fingerprint density at radius 1 is 1.21 bits per heavy atom. The molecule has 1 fully saturated rings. The second kappa shape index (κ2) is 6.38. The van der Waals surface area contributed by atoms with Gasteiger partial charge < -0.3 is 5.32 Å². The topological polar surface area (TPSA) is 24.5 Å². The zero-order chi connectivity index (χ0) is 10.4. The molecule has 1 aliphatic rings. The maximum Gasteiger partial charge on any atom is 0.0682 e. The molecule has 1 aliphatic heterocycles. The summed E-state index contributed by atoms with van der Waals surface area (Å²) < 4.78 is 0. The number of nitrogens with zero attached hydrogens (tertiary/aromatic N) is 1. The first-order chi connectivity index (χ1) is 6.72. The van der Waals surface area contributed by atoms with E-state index in [9.17, 15) is 0 Å². The molecule has 2 unspecified atom stereocenters. The van der Waals surface area contributed by atoms with Gasteiger partial charge in [0.05, 0.1) is 6.61 Å². The van der Waals surface area contributed by atoms with E-state index in [0.717, 1.165) is 39.2 Å². The van der Waals surface area contributed by atoms with Gasteiger partial charge in [-0.15, -0.1) is 0 Å². The van der Waals surface area contributed by atoms with E-state index >= 15 is 0 Å². The Morgan fingerprint density at radius 2 is 1.79 bits per heavy atom. The van der Waals surface area contributed by atoms with Crippen molar-refractivity contribution in [1.29, 1.82) is 0 Å². The van der Waals surface area contributed by atoms with Gasteiger partial charge in [-0.05, 0) is 31.3 Å². The molecule has 0 aromatic rings. The Kier molecular flexibility index (Phi) is 5.45. The lowest BCUT2D eigenvalue weighted by Gasteiger charge is -2.30. The predicted molar refractivity (Wildman–Crippen MR) is 59.0 cm³/mol. The predicted octanol–water partition coefficient (Wildman–Crippen LogP) is 1.51. The Balaban J connectivity index is 2.35. The van der Waals surface area contributed by atoms with Crippen LogP contribution < -0.4 is 5.32 Å². The van der Waals surface area contributed by atoms with Gasteiger partial charge in [0.2, 0.25) is 0 Å². The van der Waals surface area contributed by atoms with Crippen LogP contribution in [0.25, 0.3) is 0 Å². The molecule has 1 N–H and O–H groups in total. The third-order valence-electron chi connectivity index (χ3n) is 2.49. The number of hydrogen-bond acceptors (Lipinski definition) is 3. The van der Waals surface area contributed by atoms with E-state index in [-0.39, 0.29) is 0 Å². The van der Waals surface area contributed by atoms with Crippen molar-refractivity contribution in [2.75, 3.05) is 32.8 Å². The molecule has 0 amide bonds. The summed E-state index contributed by atoms with van der Waals surface area (Å²) >= 11 is 0. The minimum atomic E-state index is 0.680. The third kappa shape index (κ3) is 4.40. The summed E-state index contributed by atoms with van der Waals surface area (Å²) in [6.45, 7) is 11.9. The summed E-state index contributed by atoms with van der Waals surface area (Å²) in [6, 6.07) is 0. The zero-order valence-electron chi connectivity index (χ0n) is 9.75. The van der Waals surface area contributed by atoms with Crippen LogP contribution in [-0.4, -0.2) is 37.8 Å². The van der Waals surface area contributed by atoms with Gasteiger partial charge in [0.15, 0.2) is 0 Å². The molecule has 1 heterocycles. The fourth-order valence-electron chi connectivity index (χ4n) is 1.80. The zero-order valence-corrected chi connectivity index (χ0v) is 9.75. The molecule has 0 aromatic heterocycles. The van der Waals surface area contributed by atoms with Crippen LogP contribution in [0.1, 0.15) is 27.2 Å². The first kappa shape index (κ1) is 12.0. The Bertz CT molecular complexity index is 140. The highest BCUT2D eigenvalue weighted by Crippen LogP contribution is 2.08. The maximum atomic E-state index is 5.71. The molecule has 0 saturated carbocycles. The van der Waals surface area contributed by atoms with Crippen LogP contribution in [0.4, 0.5) is 0 Å². The van der Waals surface area contributed by atoms with Crippen molar-refractivity contribution < 1.29 is 4.84 Å². The molecule has 0 aliphatic carbocycles. The van der Waals surface area contributed by atoms with Gasteiger partial charge in [-0.2, -0.15) is 5.06 Å². The van der Waals surface area contributed by atoms with Crippen molar-refractivity contribution in [3.63, 3.8) is 0 Å². The van der Waals surface area contributed by atoms with Crippen LogP contribution in [0.3, 0.4) is 0 Å². The van der Waals surface area contributed by atoms with E-state index in [1.807, 2.05) is 0 Å². The normalized spacial score (nSPS) is 31.1. The smallest absolute Gasteiger partial charge is 0.0682 e. The van der Waals surface area contributed by atoms with Crippen molar-refractivity contribution >= 4 is 0 Å². The molecule has 0 bridgehead atoms. The molecule has 1 rings (SSSR count). The largest absolute Gasteiger partial charge is 0.316 e. The third-order valence-corrected chi connectivity index (χ3v) is 2.49. The van der Waals surface area contributed by atoms with Crippen LogP contribution >= 0.6 is 0 Å². The van der Waals surface area contributed by atoms with Gasteiger partial charge in [-0.25, -0.2) is 0 Å². The molecule has 3 heteroatoms. The Hall–Kier alpha value is -0.120. The summed E-state index contributed by atoms with van der Waals surface area (Å²) in [5.74, 6) is 1.36. The lowest BCUT2D eigenvalue weighted by molar-refractivity contribution is -0.174. The van der Waals surface area contributed by atoms with E-state index in [4.69, 9.17) is 4.84 Å². The van der Waals surface area contributed by atoms with Gasteiger partial charge in [0.1, 0.15) is 0 Å². The monoisotopic (exact) mass is 200 g/mol. The average molecular weight is 200 g/mol. The summed E-state index contributed by atoms with van der Waals surface area (Å²) in [5.41, 5.74) is 0. The van der Waals surface area contributed by atoms with Gasteiger partial charge in [-0.3, -0.25) is 4.84 Å². The van der Waals surface area contributed by atoms with Crippen LogP contribution in [0.5, 0.6) is 0 Å². The summed E-state index contributed by atoms with van der Waals surface area (Å²) in [7, 11) is 0. The molecular formula is C11H24N2O. The van der Waals surface area contributed by atoms with Crippen molar-refractivity contribution in [2.24, 2.45) is 11.8 Å². The first-order valence-corrected chi connectivity index (χ1v) is 5.81. The van der Waals surface area contributed by atoms with E-state index in [2.05, 4.69) is 31.2 Å². The van der Waals surface area contributed by atoms with Gasteiger partial charge >= 0.3 is 0 Å². The number of rotatable bonds is 3. The van der Waals surface area contributed by atoms with Crippen molar-refractivity contribution in [3.8, 4) is 0 Å². The highest BCUT2D eigenvalue weighted by molar-refractivity contribution is 4.68. The van der Waals surface area contributed by atoms with Crippen LogP contribution in [0.15, 0.2) is 0 Å². The van der Waals surface area contributed by atoms with Crippen LogP contribution in [0, 0.1) is 11.8 Å². The minimum Gasteiger partial charge on any atom is -0.316 e. The van der Waals surface area contributed by atoms with Crippen molar-refractivity contribution in [2.45, 2.75) is 27.2 Å². The van der Waals surface area contributed by atoms with E-state index in [1.54, 1.807) is 0 Å². The number of hydroxylamine groups is 2. The minimum absolute atomic E-state index is 0.680. The average Bonchev–Trinajstić information content (AvgIpc) is 2.11. The van der Waals surface area contributed by atoms with Gasteiger partial charge in [-0.1, -0.05) is 20.8 Å². The second-order valence-corrected chi connectivity index (χ2v) is 4.55. The fraction of sp³-hybridized carbons (Fsp3) is 1.00. The molecule has 1 saturated heterocycles. The molecule has 14 heavy (non-hydrogen) atoms. The number of hydrogen-bond donors (Lipinski definition) is 1. The van der Waals surface area contributed by atoms with E-state index < -0.39 is 0 Å². The lowest BCUT2D eigenvalue weighted by atomic mass is 10.1. The maximum absolute atomic E-state index is 5.71. The highest BCUT2D eigenvalue weighted by atomic mass is 16.7. The van der Waals surface area contributed by atoms with Crippen LogP contribution in [-0.2, 0) is 4.84 Å². The van der Waals surface area contributed by atoms with Crippen LogP contribution in [0.2, 0.25) is 0 Å². The molecule has 84 valence electrons. The molecule has 0 aromatic carbocycles. The quantitative estimate of drug-likeness (QED) is 0.747. The summed E-state index contributed by atoms with van der Waals surface area (Å²) in [6.07, 6.45) is 1.09. The molecule has 0 radical (unpaired) electrons. The molecule has 3 nitrogen and oxygen atoms in total. The van der Waals surface area contributed by atoms with Crippen molar-refractivity contribution in [1.82, 2.24) is 10.4 Å². The molecule has 2 atom stereocenters. The summed E-state index contributed by atoms with van der Waals surface area (Å²) in [5, 5.41) is 5.63. The Labute approximate surface area is 87.8 Å². The van der Waals surface area contributed by atoms with Gasteiger partial charge in [0, 0.05) is 13.1 Å². The van der Waals surface area contributed by atoms with E-state index in [1.165, 1.54) is 0 Å². The van der Waals surface area contributed by atoms with Crippen molar-refractivity contribution in [3.05, 3.63) is 0 Å². The SMILES string of the molecule is CCCON1CC(C)CNCC(C)C1. The first-order valence-electron chi connectivity index (χ1n) is 5.81. The fourth-order valence-corrected chi connectivity index (χ4v) is 1.80. The highest BCUT2D eigenvalue weighted by Gasteiger charge is 2.17. The standard InChI is InChI=1S/C11H24N2O/c1-4-5-14-13-8-10(2)6-12-7-11(3)9-13/h10-12H,4-9H2,1-3H3. The van der Waals surface area contributed by atoms with E-state index in [0.29, 0.717) is 11.8 Å². The number of nitrogens with one attached hydrogen (secondary N) is 1. The van der Waals surface area contributed by atoms with Gasteiger partial charge in [0.25, 0.3) is 0 Å². The molecular weight excluding hydrogens is 176 g/mol. The second-order valence-electron chi connectivity index (χ2n) is 4.55. The molecule has 0 spiro atoms.